The maximum atomic E-state index is 12.6. The van der Waals surface area contributed by atoms with Crippen molar-refractivity contribution in [3.63, 3.8) is 0 Å². The van der Waals surface area contributed by atoms with Crippen LogP contribution in [0.15, 0.2) is 85.0 Å². The van der Waals surface area contributed by atoms with Crippen molar-refractivity contribution in [2.24, 2.45) is 23.7 Å². The molecule has 36 heavy (non-hydrogen) atoms. The van der Waals surface area contributed by atoms with E-state index in [0.717, 1.165) is 17.9 Å². The number of carbonyl (C=O) groups excluding carboxylic acids is 2. The number of ether oxygens (including phenoxy) is 4. The SMILES string of the molecule is C=C(C)C(=O)OC1CC2C3CC(C(OC(=O)C(=C)C)C3Oc3ccccc3)C2C1Oc1ccccc1. The number of carbonyl (C=O) groups is 2. The van der Waals surface area contributed by atoms with Crippen molar-refractivity contribution in [1.29, 1.82) is 0 Å². The van der Waals surface area contributed by atoms with Crippen LogP contribution in [0.2, 0.25) is 0 Å². The molecule has 3 aliphatic carbocycles. The van der Waals surface area contributed by atoms with Gasteiger partial charge in [0.25, 0.3) is 0 Å². The molecule has 3 aliphatic rings. The summed E-state index contributed by atoms with van der Waals surface area (Å²) in [5.74, 6) is 1.03. The van der Waals surface area contributed by atoms with Crippen molar-refractivity contribution in [2.75, 3.05) is 0 Å². The first kappa shape index (κ1) is 24.2. The average molecular weight is 489 g/mol. The Balaban J connectivity index is 1.46. The maximum Gasteiger partial charge on any atom is 0.333 e. The van der Waals surface area contributed by atoms with Gasteiger partial charge in [0.05, 0.1) is 0 Å². The Morgan fingerprint density at radius 2 is 1.19 bits per heavy atom. The molecule has 0 aromatic heterocycles. The number of para-hydroxylation sites is 2. The molecule has 2 aromatic rings. The van der Waals surface area contributed by atoms with Gasteiger partial charge in [-0.05, 0) is 56.9 Å². The minimum atomic E-state index is -0.446. The zero-order valence-corrected chi connectivity index (χ0v) is 20.7. The molecule has 0 saturated heterocycles. The zero-order valence-electron chi connectivity index (χ0n) is 20.7. The van der Waals surface area contributed by atoms with Crippen LogP contribution in [0.1, 0.15) is 26.7 Å². The highest BCUT2D eigenvalue weighted by Gasteiger charge is 2.67. The third-order valence-electron chi connectivity index (χ3n) is 7.73. The van der Waals surface area contributed by atoms with Gasteiger partial charge in [-0.25, -0.2) is 9.59 Å². The van der Waals surface area contributed by atoms with Gasteiger partial charge in [-0.2, -0.15) is 0 Å². The first-order chi connectivity index (χ1) is 17.3. The van der Waals surface area contributed by atoms with Crippen molar-refractivity contribution in [3.8, 4) is 11.5 Å². The molecular weight excluding hydrogens is 456 g/mol. The van der Waals surface area contributed by atoms with Gasteiger partial charge in [-0.1, -0.05) is 49.6 Å². The Kier molecular flexibility index (Phi) is 6.61. The van der Waals surface area contributed by atoms with Crippen LogP contribution in [-0.2, 0) is 19.1 Å². The van der Waals surface area contributed by atoms with Crippen molar-refractivity contribution in [3.05, 3.63) is 85.0 Å². The topological polar surface area (TPSA) is 71.1 Å². The van der Waals surface area contributed by atoms with Crippen molar-refractivity contribution >= 4 is 11.9 Å². The van der Waals surface area contributed by atoms with Gasteiger partial charge < -0.3 is 18.9 Å². The van der Waals surface area contributed by atoms with E-state index in [1.165, 1.54) is 0 Å². The highest BCUT2D eigenvalue weighted by atomic mass is 16.6. The van der Waals surface area contributed by atoms with Gasteiger partial charge >= 0.3 is 11.9 Å². The predicted molar refractivity (Wildman–Crippen MR) is 134 cm³/mol. The van der Waals surface area contributed by atoms with E-state index in [2.05, 4.69) is 13.2 Å². The third-order valence-corrected chi connectivity index (χ3v) is 7.73. The lowest BCUT2D eigenvalue weighted by atomic mass is 9.77. The Labute approximate surface area is 211 Å². The molecule has 2 aromatic carbocycles. The Morgan fingerprint density at radius 1 is 0.667 bits per heavy atom. The molecule has 6 heteroatoms. The molecule has 0 heterocycles. The van der Waals surface area contributed by atoms with Gasteiger partial charge in [0.15, 0.2) is 0 Å². The molecule has 6 nitrogen and oxygen atoms in total. The minimum absolute atomic E-state index is 0.0132. The normalized spacial score (nSPS) is 31.8. The molecule has 0 aliphatic heterocycles. The first-order valence-electron chi connectivity index (χ1n) is 12.5. The molecular formula is C30H32O6. The molecule has 0 N–H and O–H groups in total. The lowest BCUT2D eigenvalue weighted by Gasteiger charge is -2.39. The second-order valence-corrected chi connectivity index (χ2v) is 10.2. The molecule has 5 rings (SSSR count). The molecule has 0 spiro atoms. The van der Waals surface area contributed by atoms with E-state index < -0.39 is 24.1 Å². The molecule has 8 atom stereocenters. The largest absolute Gasteiger partial charge is 0.486 e. The second kappa shape index (κ2) is 9.84. The van der Waals surface area contributed by atoms with Crippen LogP contribution in [0.4, 0.5) is 0 Å². The van der Waals surface area contributed by atoms with Gasteiger partial charge in [0.1, 0.15) is 35.9 Å². The number of esters is 2. The van der Waals surface area contributed by atoms with Crippen LogP contribution < -0.4 is 9.47 Å². The minimum Gasteiger partial charge on any atom is -0.486 e. The number of rotatable bonds is 8. The first-order valence-corrected chi connectivity index (χ1v) is 12.5. The highest BCUT2D eigenvalue weighted by molar-refractivity contribution is 5.87. The summed E-state index contributed by atoms with van der Waals surface area (Å²) in [5, 5.41) is 0. The summed E-state index contributed by atoms with van der Waals surface area (Å²) in [7, 11) is 0. The number of benzene rings is 2. The summed E-state index contributed by atoms with van der Waals surface area (Å²) < 4.78 is 24.8. The fourth-order valence-electron chi connectivity index (χ4n) is 6.29. The summed E-state index contributed by atoms with van der Waals surface area (Å²) in [4.78, 5) is 25.1. The standard InChI is InChI=1S/C30H32O6/c1-17(2)29(31)35-24-16-21-22-15-23(25(21)28(24)34-20-13-9-6-10-14-20)27(36-30(32)18(3)4)26(22)33-19-11-7-5-8-12-19/h5-14,21-28H,1,3,15-16H2,2,4H3. The molecule has 3 saturated carbocycles. The van der Waals surface area contributed by atoms with Gasteiger partial charge in [-0.3, -0.25) is 0 Å². The molecule has 8 unspecified atom stereocenters. The van der Waals surface area contributed by atoms with Crippen LogP contribution in [0, 0.1) is 23.7 Å². The van der Waals surface area contributed by atoms with Crippen LogP contribution >= 0.6 is 0 Å². The van der Waals surface area contributed by atoms with E-state index in [1.54, 1.807) is 13.8 Å². The molecule has 2 bridgehead atoms. The second-order valence-electron chi connectivity index (χ2n) is 10.2. The highest BCUT2D eigenvalue weighted by Crippen LogP contribution is 2.61. The molecule has 0 radical (unpaired) electrons. The Bertz CT molecular complexity index is 1140. The van der Waals surface area contributed by atoms with Crippen LogP contribution in [0.3, 0.4) is 0 Å². The van der Waals surface area contributed by atoms with Crippen LogP contribution in [0.25, 0.3) is 0 Å². The van der Waals surface area contributed by atoms with E-state index in [4.69, 9.17) is 18.9 Å². The van der Waals surface area contributed by atoms with Crippen LogP contribution in [-0.4, -0.2) is 36.4 Å². The van der Waals surface area contributed by atoms with E-state index in [-0.39, 0.29) is 35.9 Å². The van der Waals surface area contributed by atoms with Gasteiger partial charge in [0, 0.05) is 28.9 Å². The van der Waals surface area contributed by atoms with Crippen molar-refractivity contribution < 1.29 is 28.5 Å². The average Bonchev–Trinajstić information content (AvgIpc) is 3.50. The van der Waals surface area contributed by atoms with Crippen LogP contribution in [0.5, 0.6) is 11.5 Å². The number of hydrogen-bond donors (Lipinski definition) is 0. The summed E-state index contributed by atoms with van der Waals surface area (Å²) in [6.45, 7) is 10.8. The van der Waals surface area contributed by atoms with E-state index >= 15 is 0 Å². The van der Waals surface area contributed by atoms with E-state index in [9.17, 15) is 9.59 Å². The van der Waals surface area contributed by atoms with Crippen molar-refractivity contribution in [1.82, 2.24) is 0 Å². The number of hydrogen-bond acceptors (Lipinski definition) is 6. The summed E-state index contributed by atoms with van der Waals surface area (Å²) in [5.41, 5.74) is 0.705. The maximum absolute atomic E-state index is 12.6. The predicted octanol–water partition coefficient (Wildman–Crippen LogP) is 5.14. The van der Waals surface area contributed by atoms with Gasteiger partial charge in [0.2, 0.25) is 0 Å². The fourth-order valence-corrected chi connectivity index (χ4v) is 6.29. The van der Waals surface area contributed by atoms with E-state index in [0.29, 0.717) is 17.6 Å². The summed E-state index contributed by atoms with van der Waals surface area (Å²) in [6, 6.07) is 19.2. The summed E-state index contributed by atoms with van der Waals surface area (Å²) in [6.07, 6.45) is -0.00955. The summed E-state index contributed by atoms with van der Waals surface area (Å²) >= 11 is 0. The van der Waals surface area contributed by atoms with Gasteiger partial charge in [-0.15, -0.1) is 0 Å². The molecule has 3 fully saturated rings. The number of fused-ring (bicyclic) bond motifs is 5. The molecule has 188 valence electrons. The smallest absolute Gasteiger partial charge is 0.333 e. The Hall–Kier alpha value is -3.54. The Morgan fingerprint density at radius 3 is 1.75 bits per heavy atom. The quantitative estimate of drug-likeness (QED) is 0.378. The zero-order chi connectivity index (χ0) is 25.4. The van der Waals surface area contributed by atoms with E-state index in [1.807, 2.05) is 60.7 Å². The van der Waals surface area contributed by atoms with Crippen molar-refractivity contribution in [2.45, 2.75) is 51.1 Å². The lowest BCUT2D eigenvalue weighted by molar-refractivity contribution is -0.157. The monoisotopic (exact) mass is 488 g/mol. The fraction of sp³-hybridized carbons (Fsp3) is 0.400. The lowest BCUT2D eigenvalue weighted by Crippen LogP contribution is -2.49. The third kappa shape index (κ3) is 4.52. The molecule has 0 amide bonds.